The highest BCUT2D eigenvalue weighted by Gasteiger charge is 2.17. The highest BCUT2D eigenvalue weighted by molar-refractivity contribution is 6.35. The highest BCUT2D eigenvalue weighted by Crippen LogP contribution is 2.21. The Labute approximate surface area is 154 Å². The van der Waals surface area contributed by atoms with E-state index in [4.69, 9.17) is 27.9 Å². The molecule has 0 bridgehead atoms. The summed E-state index contributed by atoms with van der Waals surface area (Å²) >= 11 is 12.1. The third kappa shape index (κ3) is 6.13. The van der Waals surface area contributed by atoms with Crippen molar-refractivity contribution in [2.24, 2.45) is 4.99 Å². The Kier molecular flexibility index (Phi) is 8.12. The number of nitrogens with one attached hydrogen (secondary N) is 2. The van der Waals surface area contributed by atoms with Crippen molar-refractivity contribution in [1.29, 1.82) is 0 Å². The van der Waals surface area contributed by atoms with E-state index in [0.717, 1.165) is 50.9 Å². The van der Waals surface area contributed by atoms with E-state index in [0.29, 0.717) is 22.6 Å². The summed E-state index contributed by atoms with van der Waals surface area (Å²) in [5.41, 5.74) is 0.958. The van der Waals surface area contributed by atoms with Crippen LogP contribution in [0.15, 0.2) is 23.2 Å². The molecular formula is C17H26Cl2N4O. The highest BCUT2D eigenvalue weighted by atomic mass is 35.5. The van der Waals surface area contributed by atoms with Crippen molar-refractivity contribution in [3.05, 3.63) is 33.8 Å². The number of guanidine groups is 1. The van der Waals surface area contributed by atoms with Crippen molar-refractivity contribution in [1.82, 2.24) is 15.5 Å². The third-order valence-electron chi connectivity index (χ3n) is 4.00. The lowest BCUT2D eigenvalue weighted by Gasteiger charge is -2.32. The Morgan fingerprint density at radius 1 is 1.29 bits per heavy atom. The number of aliphatic imine (C=N–C) groups is 1. The van der Waals surface area contributed by atoms with Gasteiger partial charge in [-0.05, 0) is 31.5 Å². The molecule has 5 nitrogen and oxygen atoms in total. The van der Waals surface area contributed by atoms with Crippen molar-refractivity contribution in [2.75, 3.05) is 39.4 Å². The molecule has 1 aliphatic rings. The maximum absolute atomic E-state index is 6.21. The molecular weight excluding hydrogens is 347 g/mol. The van der Waals surface area contributed by atoms with Crippen LogP contribution in [0.5, 0.6) is 0 Å². The molecule has 1 saturated heterocycles. The number of hydrogen-bond donors (Lipinski definition) is 2. The molecule has 0 aromatic heterocycles. The molecule has 1 atom stereocenters. The average molecular weight is 373 g/mol. The summed E-state index contributed by atoms with van der Waals surface area (Å²) in [5.74, 6) is 0.795. The zero-order valence-electron chi connectivity index (χ0n) is 14.3. The fraction of sp³-hybridized carbons (Fsp3) is 0.588. The van der Waals surface area contributed by atoms with Crippen LogP contribution in [-0.4, -0.2) is 56.3 Å². The van der Waals surface area contributed by atoms with E-state index >= 15 is 0 Å². The second-order valence-electron chi connectivity index (χ2n) is 5.81. The van der Waals surface area contributed by atoms with E-state index < -0.39 is 0 Å². The van der Waals surface area contributed by atoms with Crippen LogP contribution in [0.3, 0.4) is 0 Å². The normalized spacial score (nSPS) is 17.6. The smallest absolute Gasteiger partial charge is 0.191 e. The Morgan fingerprint density at radius 3 is 2.71 bits per heavy atom. The van der Waals surface area contributed by atoms with Gasteiger partial charge in [-0.15, -0.1) is 0 Å². The minimum atomic E-state index is 0.428. The first kappa shape index (κ1) is 19.3. The number of rotatable bonds is 6. The Morgan fingerprint density at radius 2 is 2.04 bits per heavy atom. The van der Waals surface area contributed by atoms with Gasteiger partial charge in [-0.2, -0.15) is 0 Å². The zero-order valence-corrected chi connectivity index (χ0v) is 15.8. The molecule has 1 heterocycles. The van der Waals surface area contributed by atoms with Gasteiger partial charge in [0, 0.05) is 42.3 Å². The molecule has 0 spiro atoms. The van der Waals surface area contributed by atoms with E-state index in [1.54, 1.807) is 6.07 Å². The molecule has 1 aliphatic heterocycles. The van der Waals surface area contributed by atoms with Gasteiger partial charge < -0.3 is 15.4 Å². The quantitative estimate of drug-likeness (QED) is 0.595. The third-order valence-corrected chi connectivity index (χ3v) is 4.59. The van der Waals surface area contributed by atoms with Gasteiger partial charge in [-0.3, -0.25) is 4.90 Å². The summed E-state index contributed by atoms with van der Waals surface area (Å²) in [6.07, 6.45) is 0. The SMILES string of the molecule is CCNC(=NCc1ccc(Cl)cc1Cl)NCC(C)N1CCOCC1. The Bertz CT molecular complexity index is 547. The fourth-order valence-electron chi connectivity index (χ4n) is 2.55. The Hall–Kier alpha value is -1.01. The van der Waals surface area contributed by atoms with Crippen LogP contribution >= 0.6 is 23.2 Å². The topological polar surface area (TPSA) is 48.9 Å². The molecule has 134 valence electrons. The molecule has 24 heavy (non-hydrogen) atoms. The second-order valence-corrected chi connectivity index (χ2v) is 6.65. The van der Waals surface area contributed by atoms with Crippen molar-refractivity contribution in [3.63, 3.8) is 0 Å². The standard InChI is InChI=1S/C17H26Cl2N4O/c1-3-20-17(21-11-13(2)23-6-8-24-9-7-23)22-12-14-4-5-15(18)10-16(14)19/h4-5,10,13H,3,6-9,11-12H2,1-2H3,(H2,20,21,22). The molecule has 1 aromatic rings. The van der Waals surface area contributed by atoms with Crippen molar-refractivity contribution in [2.45, 2.75) is 26.4 Å². The number of hydrogen-bond acceptors (Lipinski definition) is 3. The van der Waals surface area contributed by atoms with E-state index in [2.05, 4.69) is 34.4 Å². The molecule has 0 aliphatic carbocycles. The number of ether oxygens (including phenoxy) is 1. The van der Waals surface area contributed by atoms with Gasteiger partial charge in [-0.25, -0.2) is 4.99 Å². The van der Waals surface area contributed by atoms with Crippen LogP contribution in [-0.2, 0) is 11.3 Å². The van der Waals surface area contributed by atoms with E-state index in [1.165, 1.54) is 0 Å². The van der Waals surface area contributed by atoms with Crippen LogP contribution in [0.2, 0.25) is 10.0 Å². The van der Waals surface area contributed by atoms with Gasteiger partial charge in [0.25, 0.3) is 0 Å². The van der Waals surface area contributed by atoms with Crippen molar-refractivity contribution >= 4 is 29.2 Å². The van der Waals surface area contributed by atoms with Crippen LogP contribution in [0, 0.1) is 0 Å². The first-order valence-electron chi connectivity index (χ1n) is 8.38. The number of nitrogens with zero attached hydrogens (tertiary/aromatic N) is 2. The summed E-state index contributed by atoms with van der Waals surface area (Å²) in [6, 6.07) is 5.92. The Balaban J connectivity index is 1.90. The molecule has 0 saturated carbocycles. The molecule has 0 radical (unpaired) electrons. The van der Waals surface area contributed by atoms with Crippen molar-refractivity contribution in [3.8, 4) is 0 Å². The van der Waals surface area contributed by atoms with E-state index in [-0.39, 0.29) is 0 Å². The second kappa shape index (κ2) is 10.1. The van der Waals surface area contributed by atoms with Crippen LogP contribution in [0.4, 0.5) is 0 Å². The predicted octanol–water partition coefficient (Wildman–Crippen LogP) is 2.77. The minimum Gasteiger partial charge on any atom is -0.379 e. The first-order chi connectivity index (χ1) is 11.6. The molecule has 1 aromatic carbocycles. The zero-order chi connectivity index (χ0) is 17.4. The average Bonchev–Trinajstić information content (AvgIpc) is 2.59. The summed E-state index contributed by atoms with van der Waals surface area (Å²) in [4.78, 5) is 7.04. The molecule has 2 N–H and O–H groups in total. The largest absolute Gasteiger partial charge is 0.379 e. The van der Waals surface area contributed by atoms with E-state index in [9.17, 15) is 0 Å². The van der Waals surface area contributed by atoms with Gasteiger partial charge in [0.05, 0.1) is 19.8 Å². The van der Waals surface area contributed by atoms with Gasteiger partial charge >= 0.3 is 0 Å². The molecule has 2 rings (SSSR count). The monoisotopic (exact) mass is 372 g/mol. The van der Waals surface area contributed by atoms with Gasteiger partial charge in [0.1, 0.15) is 0 Å². The maximum atomic E-state index is 6.21. The van der Waals surface area contributed by atoms with Crippen molar-refractivity contribution < 1.29 is 4.74 Å². The van der Waals surface area contributed by atoms with Gasteiger partial charge in [0.2, 0.25) is 0 Å². The number of halogens is 2. The minimum absolute atomic E-state index is 0.428. The lowest BCUT2D eigenvalue weighted by molar-refractivity contribution is 0.0211. The maximum Gasteiger partial charge on any atom is 0.191 e. The molecule has 7 heteroatoms. The number of morpholine rings is 1. The van der Waals surface area contributed by atoms with Gasteiger partial charge in [-0.1, -0.05) is 29.3 Å². The summed E-state index contributed by atoms with van der Waals surface area (Å²) in [6.45, 7) is 10.0. The molecule has 1 unspecified atom stereocenters. The van der Waals surface area contributed by atoms with Gasteiger partial charge in [0.15, 0.2) is 5.96 Å². The fourth-order valence-corrected chi connectivity index (χ4v) is 3.02. The number of benzene rings is 1. The van der Waals surface area contributed by atoms with Crippen LogP contribution in [0.25, 0.3) is 0 Å². The molecule has 1 fully saturated rings. The summed E-state index contributed by atoms with van der Waals surface area (Å²) < 4.78 is 5.40. The van der Waals surface area contributed by atoms with E-state index in [1.807, 2.05) is 12.1 Å². The lowest BCUT2D eigenvalue weighted by Crippen LogP contribution is -2.49. The first-order valence-corrected chi connectivity index (χ1v) is 9.13. The molecule has 0 amide bonds. The predicted molar refractivity (Wildman–Crippen MR) is 101 cm³/mol. The van der Waals surface area contributed by atoms with Crippen LogP contribution in [0.1, 0.15) is 19.4 Å². The lowest BCUT2D eigenvalue weighted by atomic mass is 10.2. The summed E-state index contributed by atoms with van der Waals surface area (Å²) in [7, 11) is 0. The van der Waals surface area contributed by atoms with Crippen LogP contribution < -0.4 is 10.6 Å². The summed E-state index contributed by atoms with van der Waals surface area (Å²) in [5, 5.41) is 7.95.